The average Bonchev–Trinajstić information content (AvgIpc) is 2.54. The number of nitrogens with one attached hydrogen (secondary N) is 1. The van der Waals surface area contributed by atoms with Gasteiger partial charge in [0.05, 0.1) is 5.52 Å². The number of aromatic nitrogens is 3. The summed E-state index contributed by atoms with van der Waals surface area (Å²) in [5.41, 5.74) is 1.42. The van der Waals surface area contributed by atoms with Crippen LogP contribution in [0.5, 0.6) is 0 Å². The van der Waals surface area contributed by atoms with Gasteiger partial charge in [-0.15, -0.1) is 0 Å². The van der Waals surface area contributed by atoms with Crippen molar-refractivity contribution >= 4 is 11.0 Å². The number of nitrogens with zero attached hydrogens (tertiary/aromatic N) is 2. The summed E-state index contributed by atoms with van der Waals surface area (Å²) in [5.74, 6) is 0. The molecule has 0 aliphatic carbocycles. The minimum atomic E-state index is -0.304. The van der Waals surface area contributed by atoms with Gasteiger partial charge in [-0.25, -0.2) is 4.79 Å². The molecule has 0 saturated carbocycles. The predicted molar refractivity (Wildman–Crippen MR) is 53.5 cm³/mol. The molecule has 0 atom stereocenters. The maximum Gasteiger partial charge on any atom is 0.331 e. The van der Waals surface area contributed by atoms with Crippen molar-refractivity contribution in [3.8, 4) is 0 Å². The Morgan fingerprint density at radius 2 is 1.86 bits per heavy atom. The maximum absolute atomic E-state index is 11.6. The second-order valence-electron chi connectivity index (χ2n) is 3.42. The van der Waals surface area contributed by atoms with Crippen LogP contribution in [0.25, 0.3) is 11.0 Å². The first-order chi connectivity index (χ1) is 6.52. The van der Waals surface area contributed by atoms with Crippen LogP contribution < -0.4 is 11.2 Å². The van der Waals surface area contributed by atoms with E-state index < -0.39 is 0 Å². The Morgan fingerprint density at radius 1 is 1.21 bits per heavy atom. The number of hydrogen-bond donors (Lipinski definition) is 1. The van der Waals surface area contributed by atoms with Crippen LogP contribution in [0.15, 0.2) is 15.7 Å². The van der Waals surface area contributed by atoms with Crippen LogP contribution >= 0.6 is 0 Å². The second-order valence-corrected chi connectivity index (χ2v) is 3.42. The Balaban J connectivity index is 3.17. The third kappa shape index (κ3) is 0.951. The second kappa shape index (κ2) is 2.60. The van der Waals surface area contributed by atoms with Crippen molar-refractivity contribution in [1.29, 1.82) is 0 Å². The van der Waals surface area contributed by atoms with E-state index >= 15 is 0 Å². The highest BCUT2D eigenvalue weighted by atomic mass is 16.2. The lowest BCUT2D eigenvalue weighted by molar-refractivity contribution is 0.713. The molecule has 5 heteroatoms. The molecular weight excluding hydrogens is 182 g/mol. The minimum Gasteiger partial charge on any atom is -0.353 e. The first kappa shape index (κ1) is 8.80. The summed E-state index contributed by atoms with van der Waals surface area (Å²) < 4.78 is 2.55. The van der Waals surface area contributed by atoms with Crippen molar-refractivity contribution in [3.63, 3.8) is 0 Å². The van der Waals surface area contributed by atoms with E-state index in [2.05, 4.69) is 4.98 Å². The number of rotatable bonds is 0. The third-order valence-corrected chi connectivity index (χ3v) is 2.39. The molecule has 0 unspecified atom stereocenters. The number of aryl methyl sites for hydroxylation is 2. The Hall–Kier alpha value is -1.78. The van der Waals surface area contributed by atoms with Crippen LogP contribution in [0, 0.1) is 6.92 Å². The summed E-state index contributed by atoms with van der Waals surface area (Å²) >= 11 is 0. The molecule has 14 heavy (non-hydrogen) atoms. The highest BCUT2D eigenvalue weighted by molar-refractivity contribution is 5.75. The van der Waals surface area contributed by atoms with Crippen LogP contribution in [-0.2, 0) is 14.1 Å². The van der Waals surface area contributed by atoms with Crippen molar-refractivity contribution in [1.82, 2.24) is 14.1 Å². The van der Waals surface area contributed by atoms with Crippen LogP contribution in [-0.4, -0.2) is 14.1 Å². The molecule has 0 bridgehead atoms. The SMILES string of the molecule is Cc1cc2c([nH]1)c(=O)n(C)c(=O)n2C. The Bertz CT molecular complexity index is 615. The van der Waals surface area contributed by atoms with Gasteiger partial charge in [0.1, 0.15) is 5.52 Å². The van der Waals surface area contributed by atoms with E-state index in [-0.39, 0.29) is 11.2 Å². The fraction of sp³-hybridized carbons (Fsp3) is 0.333. The molecule has 0 aliphatic heterocycles. The van der Waals surface area contributed by atoms with E-state index in [4.69, 9.17) is 0 Å². The molecule has 0 amide bonds. The molecule has 0 saturated heterocycles. The number of fused-ring (bicyclic) bond motifs is 1. The molecular formula is C9H11N3O2. The lowest BCUT2D eigenvalue weighted by Crippen LogP contribution is -2.36. The molecule has 0 radical (unpaired) electrons. The van der Waals surface area contributed by atoms with E-state index in [0.29, 0.717) is 11.0 Å². The fourth-order valence-electron chi connectivity index (χ4n) is 1.58. The molecule has 2 aromatic heterocycles. The van der Waals surface area contributed by atoms with Crippen LogP contribution in [0.4, 0.5) is 0 Å². The standard InChI is InChI=1S/C9H11N3O2/c1-5-4-6-7(10-5)8(13)12(3)9(14)11(6)2/h4,10H,1-3H3. The van der Waals surface area contributed by atoms with E-state index in [1.54, 1.807) is 13.1 Å². The zero-order valence-electron chi connectivity index (χ0n) is 8.29. The molecule has 74 valence electrons. The summed E-state index contributed by atoms with van der Waals surface area (Å²) in [6.07, 6.45) is 0. The summed E-state index contributed by atoms with van der Waals surface area (Å²) in [5, 5.41) is 0. The van der Waals surface area contributed by atoms with Gasteiger partial charge in [0.15, 0.2) is 0 Å². The molecule has 0 fully saturated rings. The smallest absolute Gasteiger partial charge is 0.331 e. The molecule has 0 spiro atoms. The van der Waals surface area contributed by atoms with Gasteiger partial charge in [-0.2, -0.15) is 0 Å². The van der Waals surface area contributed by atoms with Gasteiger partial charge in [-0.1, -0.05) is 0 Å². The van der Waals surface area contributed by atoms with Gasteiger partial charge in [0.25, 0.3) is 5.56 Å². The number of H-pyrrole nitrogens is 1. The van der Waals surface area contributed by atoms with Crippen LogP contribution in [0.1, 0.15) is 5.69 Å². The molecule has 2 aromatic rings. The lowest BCUT2D eigenvalue weighted by atomic mass is 10.4. The highest BCUT2D eigenvalue weighted by Crippen LogP contribution is 2.07. The van der Waals surface area contributed by atoms with E-state index in [1.807, 2.05) is 6.92 Å². The fourth-order valence-corrected chi connectivity index (χ4v) is 1.58. The van der Waals surface area contributed by atoms with E-state index in [1.165, 1.54) is 11.6 Å². The van der Waals surface area contributed by atoms with Gasteiger partial charge >= 0.3 is 5.69 Å². The van der Waals surface area contributed by atoms with Crippen molar-refractivity contribution in [3.05, 3.63) is 32.6 Å². The number of hydrogen-bond acceptors (Lipinski definition) is 2. The summed E-state index contributed by atoms with van der Waals surface area (Å²) in [6, 6.07) is 1.79. The molecule has 2 heterocycles. The third-order valence-electron chi connectivity index (χ3n) is 2.39. The first-order valence-electron chi connectivity index (χ1n) is 4.27. The number of aromatic amines is 1. The van der Waals surface area contributed by atoms with Crippen molar-refractivity contribution in [2.24, 2.45) is 14.1 Å². The summed E-state index contributed by atoms with van der Waals surface area (Å²) in [4.78, 5) is 26.1. The first-order valence-corrected chi connectivity index (χ1v) is 4.27. The quantitative estimate of drug-likeness (QED) is 0.633. The highest BCUT2D eigenvalue weighted by Gasteiger charge is 2.09. The zero-order valence-corrected chi connectivity index (χ0v) is 8.29. The lowest BCUT2D eigenvalue weighted by Gasteiger charge is -2.02. The van der Waals surface area contributed by atoms with Gasteiger partial charge in [0.2, 0.25) is 0 Å². The van der Waals surface area contributed by atoms with E-state index in [9.17, 15) is 9.59 Å². The molecule has 0 aromatic carbocycles. The summed E-state index contributed by atoms with van der Waals surface area (Å²) in [7, 11) is 3.12. The zero-order chi connectivity index (χ0) is 10.5. The topological polar surface area (TPSA) is 59.8 Å². The van der Waals surface area contributed by atoms with Gasteiger partial charge in [-0.3, -0.25) is 13.9 Å². The normalized spacial score (nSPS) is 11.1. The Kier molecular flexibility index (Phi) is 1.64. The molecule has 5 nitrogen and oxygen atoms in total. The van der Waals surface area contributed by atoms with Gasteiger partial charge in [-0.05, 0) is 13.0 Å². The molecule has 1 N–H and O–H groups in total. The molecule has 2 rings (SSSR count). The van der Waals surface area contributed by atoms with Gasteiger partial charge < -0.3 is 4.98 Å². The monoisotopic (exact) mass is 193 g/mol. The molecule has 0 aliphatic rings. The largest absolute Gasteiger partial charge is 0.353 e. The van der Waals surface area contributed by atoms with Crippen molar-refractivity contribution in [2.45, 2.75) is 6.92 Å². The van der Waals surface area contributed by atoms with Crippen molar-refractivity contribution in [2.75, 3.05) is 0 Å². The van der Waals surface area contributed by atoms with Gasteiger partial charge in [0, 0.05) is 19.8 Å². The predicted octanol–water partition coefficient (Wildman–Crippen LogP) is -0.126. The average molecular weight is 193 g/mol. The van der Waals surface area contributed by atoms with Crippen LogP contribution in [0.3, 0.4) is 0 Å². The van der Waals surface area contributed by atoms with E-state index in [0.717, 1.165) is 10.3 Å². The van der Waals surface area contributed by atoms with Crippen LogP contribution in [0.2, 0.25) is 0 Å². The van der Waals surface area contributed by atoms with Crippen molar-refractivity contribution < 1.29 is 0 Å². The Labute approximate surface area is 79.6 Å². The Morgan fingerprint density at radius 3 is 2.50 bits per heavy atom. The minimum absolute atomic E-state index is 0.281. The maximum atomic E-state index is 11.6. The summed E-state index contributed by atoms with van der Waals surface area (Å²) in [6.45, 7) is 1.85.